The Morgan fingerprint density at radius 3 is 2.52 bits per heavy atom. The second-order valence-electron chi connectivity index (χ2n) is 8.43. The summed E-state index contributed by atoms with van der Waals surface area (Å²) >= 11 is 1.93. The van der Waals surface area contributed by atoms with Crippen LogP contribution < -0.4 is 10.6 Å². The third kappa shape index (κ3) is 5.38. The number of likely N-dealkylation sites (tertiary alicyclic amines) is 1. The maximum Gasteiger partial charge on any atom is 0.191 e. The van der Waals surface area contributed by atoms with Gasteiger partial charge in [-0.25, -0.2) is 0 Å². The molecule has 0 radical (unpaired) electrons. The molecule has 3 aliphatic rings. The molecule has 4 nitrogen and oxygen atoms in total. The highest BCUT2D eigenvalue weighted by Crippen LogP contribution is 2.41. The third-order valence-electron chi connectivity index (χ3n) is 6.61. The predicted octanol–water partition coefficient (Wildman–Crippen LogP) is 4.36. The summed E-state index contributed by atoms with van der Waals surface area (Å²) in [5.74, 6) is 0.997. The molecule has 1 aliphatic heterocycles. The summed E-state index contributed by atoms with van der Waals surface area (Å²) in [6.45, 7) is 3.50. The summed E-state index contributed by atoms with van der Waals surface area (Å²) in [7, 11) is 1.91. The van der Waals surface area contributed by atoms with Crippen LogP contribution in [0.4, 0.5) is 0 Å². The summed E-state index contributed by atoms with van der Waals surface area (Å²) < 4.78 is 0. The van der Waals surface area contributed by atoms with E-state index in [1.165, 1.54) is 70.9 Å². The molecule has 1 aromatic heterocycles. The largest absolute Gasteiger partial charge is 0.355 e. The van der Waals surface area contributed by atoms with Crippen molar-refractivity contribution >= 4 is 41.3 Å². The van der Waals surface area contributed by atoms with E-state index >= 15 is 0 Å². The average Bonchev–Trinajstić information content (AvgIpc) is 3.39. The van der Waals surface area contributed by atoms with Crippen LogP contribution in [0.1, 0.15) is 62.7 Å². The zero-order chi connectivity index (χ0) is 17.8. The molecule has 0 unspecified atom stereocenters. The van der Waals surface area contributed by atoms with Crippen molar-refractivity contribution in [2.75, 3.05) is 26.7 Å². The highest BCUT2D eigenvalue weighted by molar-refractivity contribution is 14.0. The van der Waals surface area contributed by atoms with E-state index in [-0.39, 0.29) is 24.0 Å². The molecule has 152 valence electrons. The number of thiophene rings is 1. The first-order valence-corrected chi connectivity index (χ1v) is 11.4. The van der Waals surface area contributed by atoms with Crippen molar-refractivity contribution in [3.63, 3.8) is 0 Å². The van der Waals surface area contributed by atoms with E-state index in [4.69, 9.17) is 0 Å². The van der Waals surface area contributed by atoms with Crippen LogP contribution in [-0.4, -0.2) is 49.6 Å². The quantitative estimate of drug-likeness (QED) is 0.357. The topological polar surface area (TPSA) is 39.7 Å². The maximum absolute atomic E-state index is 4.53. The molecule has 2 aliphatic carbocycles. The van der Waals surface area contributed by atoms with Crippen molar-refractivity contribution < 1.29 is 0 Å². The lowest BCUT2D eigenvalue weighted by Gasteiger charge is -2.38. The van der Waals surface area contributed by atoms with Gasteiger partial charge in [0.25, 0.3) is 0 Å². The van der Waals surface area contributed by atoms with E-state index in [0.29, 0.717) is 11.5 Å². The number of aliphatic imine (C=N–C) groups is 1. The van der Waals surface area contributed by atoms with E-state index in [2.05, 4.69) is 38.0 Å². The lowest BCUT2D eigenvalue weighted by molar-refractivity contribution is 0.197. The van der Waals surface area contributed by atoms with Crippen LogP contribution in [0.5, 0.6) is 0 Å². The first-order chi connectivity index (χ1) is 12.8. The van der Waals surface area contributed by atoms with E-state index in [9.17, 15) is 0 Å². The molecule has 0 spiro atoms. The van der Waals surface area contributed by atoms with Crippen LogP contribution in [0.2, 0.25) is 0 Å². The van der Waals surface area contributed by atoms with Crippen LogP contribution in [0.15, 0.2) is 22.5 Å². The van der Waals surface area contributed by atoms with E-state index in [1.54, 1.807) is 4.88 Å². The van der Waals surface area contributed by atoms with Gasteiger partial charge in [-0.1, -0.05) is 25.3 Å². The fourth-order valence-corrected chi connectivity index (χ4v) is 5.80. The van der Waals surface area contributed by atoms with Crippen LogP contribution in [0.25, 0.3) is 0 Å². The summed E-state index contributed by atoms with van der Waals surface area (Å²) in [5.41, 5.74) is 0.305. The van der Waals surface area contributed by atoms with Crippen LogP contribution in [0, 0.1) is 0 Å². The standard InChI is InChI=1S/C21H34N4S.HI/c1-22-20(24-17-9-13-25(14-10-17)18-7-8-18)23-16-21(11-3-2-4-12-21)19-6-5-15-26-19;/h5-6,15,17-18H,2-4,7-14,16H2,1H3,(H2,22,23,24);1H. The lowest BCUT2D eigenvalue weighted by atomic mass is 9.73. The molecular formula is C21H35IN4S. The number of halogens is 1. The van der Waals surface area contributed by atoms with E-state index in [0.717, 1.165) is 18.5 Å². The molecule has 6 heteroatoms. The first kappa shape index (κ1) is 21.4. The third-order valence-corrected chi connectivity index (χ3v) is 7.72. The smallest absolute Gasteiger partial charge is 0.191 e. The molecule has 1 aromatic rings. The Bertz CT molecular complexity index is 585. The summed E-state index contributed by atoms with van der Waals surface area (Å²) in [5, 5.41) is 9.63. The number of rotatable bonds is 5. The van der Waals surface area contributed by atoms with Gasteiger partial charge in [-0.3, -0.25) is 4.99 Å². The number of hydrogen-bond donors (Lipinski definition) is 2. The molecular weight excluding hydrogens is 467 g/mol. The van der Waals surface area contributed by atoms with Gasteiger partial charge in [0.1, 0.15) is 0 Å². The summed E-state index contributed by atoms with van der Waals surface area (Å²) in [6, 6.07) is 6.02. The van der Waals surface area contributed by atoms with Crippen molar-refractivity contribution in [1.29, 1.82) is 0 Å². The van der Waals surface area contributed by atoms with Gasteiger partial charge in [-0.2, -0.15) is 0 Å². The van der Waals surface area contributed by atoms with Gasteiger partial charge < -0.3 is 15.5 Å². The minimum atomic E-state index is 0. The van der Waals surface area contributed by atoms with Crippen LogP contribution in [0.3, 0.4) is 0 Å². The number of piperidine rings is 1. The van der Waals surface area contributed by atoms with Crippen molar-refractivity contribution in [2.24, 2.45) is 4.99 Å². The minimum Gasteiger partial charge on any atom is -0.355 e. The zero-order valence-corrected chi connectivity index (χ0v) is 19.7. The molecule has 2 heterocycles. The Morgan fingerprint density at radius 1 is 1.19 bits per heavy atom. The monoisotopic (exact) mass is 502 g/mol. The molecule has 27 heavy (non-hydrogen) atoms. The Labute approximate surface area is 185 Å². The van der Waals surface area contributed by atoms with Gasteiger partial charge in [-0.05, 0) is 50.0 Å². The molecule has 0 aromatic carbocycles. The lowest BCUT2D eigenvalue weighted by Crippen LogP contribution is -2.51. The SMILES string of the molecule is CN=C(NCC1(c2cccs2)CCCCC1)NC1CCN(C2CC2)CC1.I. The molecule has 0 amide bonds. The Hall–Kier alpha value is -0.340. The van der Waals surface area contributed by atoms with Gasteiger partial charge in [-0.15, -0.1) is 35.3 Å². The van der Waals surface area contributed by atoms with E-state index < -0.39 is 0 Å². The van der Waals surface area contributed by atoms with Gasteiger partial charge in [0, 0.05) is 49.1 Å². The molecule has 3 fully saturated rings. The highest BCUT2D eigenvalue weighted by Gasteiger charge is 2.35. The second kappa shape index (κ2) is 9.92. The number of guanidine groups is 1. The number of nitrogens with one attached hydrogen (secondary N) is 2. The molecule has 2 saturated carbocycles. The molecule has 0 atom stereocenters. The average molecular weight is 503 g/mol. The Kier molecular flexibility index (Phi) is 7.85. The highest BCUT2D eigenvalue weighted by atomic mass is 127. The maximum atomic E-state index is 4.53. The first-order valence-electron chi connectivity index (χ1n) is 10.5. The molecule has 0 bridgehead atoms. The number of hydrogen-bond acceptors (Lipinski definition) is 3. The van der Waals surface area contributed by atoms with Crippen LogP contribution >= 0.6 is 35.3 Å². The molecule has 1 saturated heterocycles. The second-order valence-corrected chi connectivity index (χ2v) is 9.38. The van der Waals surface area contributed by atoms with Crippen molar-refractivity contribution in [2.45, 2.75) is 75.3 Å². The summed E-state index contributed by atoms with van der Waals surface area (Å²) in [6.07, 6.45) is 12.0. The van der Waals surface area contributed by atoms with Crippen molar-refractivity contribution in [3.8, 4) is 0 Å². The number of nitrogens with zero attached hydrogens (tertiary/aromatic N) is 2. The predicted molar refractivity (Wildman–Crippen MR) is 127 cm³/mol. The van der Waals surface area contributed by atoms with E-state index in [1.807, 2.05) is 18.4 Å². The minimum absolute atomic E-state index is 0. The molecule has 4 rings (SSSR count). The van der Waals surface area contributed by atoms with Crippen molar-refractivity contribution in [1.82, 2.24) is 15.5 Å². The summed E-state index contributed by atoms with van der Waals surface area (Å²) in [4.78, 5) is 8.77. The van der Waals surface area contributed by atoms with Crippen LogP contribution in [-0.2, 0) is 5.41 Å². The Balaban J connectivity index is 0.00000210. The van der Waals surface area contributed by atoms with Gasteiger partial charge in [0.2, 0.25) is 0 Å². The van der Waals surface area contributed by atoms with Crippen molar-refractivity contribution in [3.05, 3.63) is 22.4 Å². The fourth-order valence-electron chi connectivity index (χ4n) is 4.81. The Morgan fingerprint density at radius 2 is 1.93 bits per heavy atom. The van der Waals surface area contributed by atoms with Gasteiger partial charge in [0.15, 0.2) is 5.96 Å². The fraction of sp³-hybridized carbons (Fsp3) is 0.762. The molecule has 2 N–H and O–H groups in total. The van der Waals surface area contributed by atoms with Gasteiger partial charge >= 0.3 is 0 Å². The van der Waals surface area contributed by atoms with Gasteiger partial charge in [0.05, 0.1) is 0 Å². The normalized spacial score (nSPS) is 24.3. The zero-order valence-electron chi connectivity index (χ0n) is 16.6.